The lowest BCUT2D eigenvalue weighted by Gasteiger charge is -2.38. The van der Waals surface area contributed by atoms with Crippen molar-refractivity contribution in [3.63, 3.8) is 0 Å². The number of rotatable bonds is 3. The van der Waals surface area contributed by atoms with E-state index in [0.717, 1.165) is 38.4 Å². The lowest BCUT2D eigenvalue weighted by molar-refractivity contribution is 0.0139. The van der Waals surface area contributed by atoms with Crippen LogP contribution in [-0.4, -0.2) is 43.4 Å². The highest BCUT2D eigenvalue weighted by atomic mass is 16.5. The largest absolute Gasteiger partial charge is 0.379 e. The fourth-order valence-corrected chi connectivity index (χ4v) is 2.89. The normalized spacial score (nSPS) is 26.0. The quantitative estimate of drug-likeness (QED) is 0.854. The topological polar surface area (TPSA) is 64.2 Å². The van der Waals surface area contributed by atoms with Gasteiger partial charge in [-0.1, -0.05) is 24.3 Å². The van der Waals surface area contributed by atoms with Crippen LogP contribution in [0.25, 0.3) is 0 Å². The van der Waals surface area contributed by atoms with Crippen molar-refractivity contribution in [1.29, 1.82) is 5.26 Å². The zero-order valence-corrected chi connectivity index (χ0v) is 12.1. The van der Waals surface area contributed by atoms with Crippen LogP contribution >= 0.6 is 0 Å². The monoisotopic (exact) mass is 285 g/mol. The first-order valence-electron chi connectivity index (χ1n) is 7.36. The van der Waals surface area contributed by atoms with Gasteiger partial charge in [-0.3, -0.25) is 4.90 Å². The molecule has 1 aromatic rings. The van der Waals surface area contributed by atoms with Crippen molar-refractivity contribution in [2.75, 3.05) is 31.3 Å². The summed E-state index contributed by atoms with van der Waals surface area (Å²) in [5.74, 6) is 0. The van der Waals surface area contributed by atoms with Crippen LogP contribution in [0, 0.1) is 11.3 Å². The lowest BCUT2D eigenvalue weighted by Crippen LogP contribution is -2.53. The fraction of sp³-hybridized carbons (Fsp3) is 0.533. The first-order chi connectivity index (χ1) is 10.3. The van der Waals surface area contributed by atoms with Gasteiger partial charge in [0.2, 0.25) is 0 Å². The molecule has 0 spiro atoms. The zero-order chi connectivity index (χ0) is 14.7. The maximum Gasteiger partial charge on any atom is 0.131 e. The van der Waals surface area contributed by atoms with Crippen LogP contribution in [0.5, 0.6) is 0 Å². The fourth-order valence-electron chi connectivity index (χ4n) is 2.89. The molecular weight excluding hydrogens is 266 g/mol. The van der Waals surface area contributed by atoms with Crippen LogP contribution in [0.1, 0.15) is 18.9 Å². The number of hydrogen-bond donors (Lipinski definition) is 0. The van der Waals surface area contributed by atoms with Crippen LogP contribution in [-0.2, 0) is 4.74 Å². The minimum Gasteiger partial charge on any atom is -0.379 e. The van der Waals surface area contributed by atoms with E-state index in [1.54, 1.807) is 0 Å². The van der Waals surface area contributed by atoms with E-state index in [1.165, 1.54) is 0 Å². The second-order valence-electron chi connectivity index (χ2n) is 5.22. The molecule has 1 saturated heterocycles. The van der Waals surface area contributed by atoms with Crippen molar-refractivity contribution in [2.24, 2.45) is 10.3 Å². The van der Waals surface area contributed by atoms with Gasteiger partial charge in [0, 0.05) is 13.1 Å². The van der Waals surface area contributed by atoms with Gasteiger partial charge in [0.15, 0.2) is 0 Å². The van der Waals surface area contributed by atoms with Crippen LogP contribution in [0.2, 0.25) is 0 Å². The van der Waals surface area contributed by atoms with Gasteiger partial charge in [0.25, 0.3) is 0 Å². The van der Waals surface area contributed by atoms with Crippen molar-refractivity contribution in [1.82, 2.24) is 4.90 Å². The molecule has 2 aliphatic heterocycles. The molecule has 0 aliphatic carbocycles. The average Bonchev–Trinajstić information content (AvgIpc) is 2.99. The summed E-state index contributed by atoms with van der Waals surface area (Å²) < 4.78 is 5.44. The molecule has 110 valence electrons. The van der Waals surface area contributed by atoms with Crippen LogP contribution < -0.4 is 5.01 Å². The zero-order valence-electron chi connectivity index (χ0n) is 12.1. The Hall–Kier alpha value is -1.97. The summed E-state index contributed by atoms with van der Waals surface area (Å²) in [6, 6.07) is 9.93. The van der Waals surface area contributed by atoms with E-state index in [4.69, 9.17) is 4.74 Å². The number of para-hydroxylation sites is 1. The summed E-state index contributed by atoms with van der Waals surface area (Å²) in [6.07, 6.45) is 1.00. The third-order valence-corrected chi connectivity index (χ3v) is 4.00. The van der Waals surface area contributed by atoms with Crippen molar-refractivity contribution < 1.29 is 4.74 Å². The SMILES string of the molecule is CCC1N=NN(c2ccccc2C#N)C1N1CCOCC1. The van der Waals surface area contributed by atoms with Gasteiger partial charge in [-0.15, -0.1) is 0 Å². The predicted octanol–water partition coefficient (Wildman–Crippen LogP) is 2.18. The third kappa shape index (κ3) is 2.62. The second-order valence-corrected chi connectivity index (χ2v) is 5.22. The summed E-state index contributed by atoms with van der Waals surface area (Å²) in [4.78, 5) is 2.35. The summed E-state index contributed by atoms with van der Waals surface area (Å²) >= 11 is 0. The van der Waals surface area contributed by atoms with E-state index in [0.29, 0.717) is 5.56 Å². The molecule has 0 saturated carbocycles. The van der Waals surface area contributed by atoms with Crippen LogP contribution in [0.15, 0.2) is 34.6 Å². The highest BCUT2D eigenvalue weighted by Gasteiger charge is 2.38. The second kappa shape index (κ2) is 6.20. The molecule has 0 bridgehead atoms. The Labute approximate surface area is 124 Å². The Bertz CT molecular complexity index is 561. The molecule has 6 heteroatoms. The standard InChI is InChI=1S/C15H19N5O/c1-2-13-15(19-7-9-21-10-8-19)20(18-17-13)14-6-4-3-5-12(14)11-16/h3-6,13,15H,2,7-10H2,1H3. The minimum atomic E-state index is 0.0772. The van der Waals surface area contributed by atoms with Gasteiger partial charge < -0.3 is 4.74 Å². The van der Waals surface area contributed by atoms with E-state index < -0.39 is 0 Å². The van der Waals surface area contributed by atoms with Gasteiger partial charge in [0.1, 0.15) is 18.3 Å². The van der Waals surface area contributed by atoms with Crippen molar-refractivity contribution >= 4 is 5.69 Å². The molecule has 3 rings (SSSR count). The molecule has 1 fully saturated rings. The Balaban J connectivity index is 1.92. The number of nitrogens with zero attached hydrogens (tertiary/aromatic N) is 5. The molecule has 2 aliphatic rings. The highest BCUT2D eigenvalue weighted by molar-refractivity contribution is 5.59. The van der Waals surface area contributed by atoms with E-state index >= 15 is 0 Å². The van der Waals surface area contributed by atoms with Gasteiger partial charge >= 0.3 is 0 Å². The molecule has 6 nitrogen and oxygen atoms in total. The number of morpholine rings is 1. The number of nitriles is 1. The van der Waals surface area contributed by atoms with Gasteiger partial charge in [0.05, 0.1) is 24.5 Å². The number of anilines is 1. The predicted molar refractivity (Wildman–Crippen MR) is 78.8 cm³/mol. The van der Waals surface area contributed by atoms with Crippen molar-refractivity contribution in [3.05, 3.63) is 29.8 Å². The van der Waals surface area contributed by atoms with Crippen LogP contribution in [0.3, 0.4) is 0 Å². The summed E-state index contributed by atoms with van der Waals surface area (Å²) in [5.41, 5.74) is 1.46. The summed E-state index contributed by atoms with van der Waals surface area (Å²) in [5, 5.41) is 20.0. The molecule has 0 radical (unpaired) electrons. The lowest BCUT2D eigenvalue weighted by atomic mass is 10.1. The van der Waals surface area contributed by atoms with E-state index in [-0.39, 0.29) is 12.2 Å². The Morgan fingerprint density at radius 3 is 2.81 bits per heavy atom. The first-order valence-corrected chi connectivity index (χ1v) is 7.36. The third-order valence-electron chi connectivity index (χ3n) is 4.00. The molecule has 2 heterocycles. The minimum absolute atomic E-state index is 0.0772. The average molecular weight is 285 g/mol. The molecule has 2 atom stereocenters. The molecule has 0 aromatic heterocycles. The Morgan fingerprint density at radius 1 is 1.33 bits per heavy atom. The van der Waals surface area contributed by atoms with Gasteiger partial charge in [-0.05, 0) is 18.6 Å². The molecule has 0 N–H and O–H groups in total. The van der Waals surface area contributed by atoms with Crippen molar-refractivity contribution in [3.8, 4) is 6.07 Å². The summed E-state index contributed by atoms with van der Waals surface area (Å²) in [7, 11) is 0. The molecule has 21 heavy (non-hydrogen) atoms. The number of ether oxygens (including phenoxy) is 1. The number of hydrogen-bond acceptors (Lipinski definition) is 6. The molecule has 0 amide bonds. The van der Waals surface area contributed by atoms with E-state index in [9.17, 15) is 5.26 Å². The highest BCUT2D eigenvalue weighted by Crippen LogP contribution is 2.31. The van der Waals surface area contributed by atoms with Crippen LogP contribution in [0.4, 0.5) is 5.69 Å². The Kier molecular flexibility index (Phi) is 4.13. The number of benzene rings is 1. The molecule has 1 aromatic carbocycles. The smallest absolute Gasteiger partial charge is 0.131 e. The first kappa shape index (κ1) is 14.0. The van der Waals surface area contributed by atoms with Gasteiger partial charge in [-0.25, -0.2) is 5.01 Å². The molecule has 2 unspecified atom stereocenters. The maximum atomic E-state index is 9.32. The van der Waals surface area contributed by atoms with E-state index in [2.05, 4.69) is 28.2 Å². The maximum absolute atomic E-state index is 9.32. The van der Waals surface area contributed by atoms with Gasteiger partial charge in [-0.2, -0.15) is 10.4 Å². The molecular formula is C15H19N5O. The van der Waals surface area contributed by atoms with Crippen molar-refractivity contribution in [2.45, 2.75) is 25.6 Å². The Morgan fingerprint density at radius 2 is 2.10 bits per heavy atom. The van der Waals surface area contributed by atoms with E-state index in [1.807, 2.05) is 29.3 Å². The summed E-state index contributed by atoms with van der Waals surface area (Å²) in [6.45, 7) is 5.34.